The van der Waals surface area contributed by atoms with Crippen molar-refractivity contribution < 1.29 is 14.7 Å². The van der Waals surface area contributed by atoms with Crippen molar-refractivity contribution in [3.63, 3.8) is 0 Å². The minimum Gasteiger partial charge on any atom is -0.478 e. The van der Waals surface area contributed by atoms with Crippen molar-refractivity contribution in [2.75, 3.05) is 7.05 Å². The van der Waals surface area contributed by atoms with Crippen LogP contribution in [0.25, 0.3) is 0 Å². The first-order valence-electron chi connectivity index (χ1n) is 7.93. The normalized spacial score (nSPS) is 17.1. The van der Waals surface area contributed by atoms with Gasteiger partial charge in [-0.25, -0.2) is 4.79 Å². The van der Waals surface area contributed by atoms with E-state index in [1.165, 1.54) is 11.1 Å². The topological polar surface area (TPSA) is 69.6 Å². The number of hydrogen-bond acceptors (Lipinski definition) is 3. The monoisotopic (exact) mass is 324 g/mol. The molecule has 5 heteroatoms. The second kappa shape index (κ2) is 6.84. The Hall–Kier alpha value is -2.66. The summed E-state index contributed by atoms with van der Waals surface area (Å²) >= 11 is 0. The molecule has 1 aliphatic heterocycles. The number of amides is 1. The van der Waals surface area contributed by atoms with E-state index in [-0.39, 0.29) is 17.5 Å². The summed E-state index contributed by atoms with van der Waals surface area (Å²) in [4.78, 5) is 25.6. The third-order valence-corrected chi connectivity index (χ3v) is 4.45. The number of rotatable bonds is 4. The molecule has 1 unspecified atom stereocenters. The molecule has 2 aromatic rings. The second-order valence-electron chi connectivity index (χ2n) is 6.01. The van der Waals surface area contributed by atoms with Gasteiger partial charge in [0.05, 0.1) is 11.6 Å². The van der Waals surface area contributed by atoms with Crippen LogP contribution in [0.15, 0.2) is 48.5 Å². The predicted octanol–water partition coefficient (Wildman–Crippen LogP) is 2.06. The molecule has 1 amide bonds. The molecule has 0 radical (unpaired) electrons. The van der Waals surface area contributed by atoms with Gasteiger partial charge in [0.15, 0.2) is 0 Å². The van der Waals surface area contributed by atoms with Gasteiger partial charge in [-0.2, -0.15) is 0 Å². The average molecular weight is 324 g/mol. The highest BCUT2D eigenvalue weighted by molar-refractivity contribution is 5.87. The zero-order chi connectivity index (χ0) is 17.1. The Kier molecular flexibility index (Phi) is 4.62. The Morgan fingerprint density at radius 3 is 2.62 bits per heavy atom. The van der Waals surface area contributed by atoms with Gasteiger partial charge in [0.1, 0.15) is 0 Å². The quantitative estimate of drug-likeness (QED) is 0.903. The minimum absolute atomic E-state index is 0.0149. The fourth-order valence-electron chi connectivity index (χ4n) is 3.21. The largest absolute Gasteiger partial charge is 0.478 e. The van der Waals surface area contributed by atoms with Gasteiger partial charge in [0, 0.05) is 20.1 Å². The van der Waals surface area contributed by atoms with Crippen molar-refractivity contribution in [1.29, 1.82) is 0 Å². The summed E-state index contributed by atoms with van der Waals surface area (Å²) in [6, 6.07) is 14.8. The van der Waals surface area contributed by atoms with Crippen LogP contribution in [-0.2, 0) is 24.3 Å². The van der Waals surface area contributed by atoms with Crippen LogP contribution in [0.3, 0.4) is 0 Å². The number of benzene rings is 2. The van der Waals surface area contributed by atoms with E-state index in [9.17, 15) is 9.59 Å². The zero-order valence-electron chi connectivity index (χ0n) is 13.5. The number of carbonyl (C=O) groups is 2. The number of carboxylic acids is 1. The zero-order valence-corrected chi connectivity index (χ0v) is 13.5. The molecule has 0 aromatic heterocycles. The molecule has 0 saturated heterocycles. The van der Waals surface area contributed by atoms with Crippen LogP contribution in [0.1, 0.15) is 27.0 Å². The number of nitrogens with one attached hydrogen (secondary N) is 1. The molecule has 24 heavy (non-hydrogen) atoms. The smallest absolute Gasteiger partial charge is 0.335 e. The molecule has 1 aliphatic rings. The number of carbonyl (C=O) groups excluding carboxylic acids is 1. The van der Waals surface area contributed by atoms with E-state index >= 15 is 0 Å². The molecular formula is C19H20N2O3. The maximum absolute atomic E-state index is 12.3. The van der Waals surface area contributed by atoms with Crippen molar-refractivity contribution in [3.8, 4) is 0 Å². The van der Waals surface area contributed by atoms with E-state index in [0.717, 1.165) is 5.56 Å². The van der Waals surface area contributed by atoms with Gasteiger partial charge < -0.3 is 10.4 Å². The van der Waals surface area contributed by atoms with Gasteiger partial charge in [-0.3, -0.25) is 9.69 Å². The van der Waals surface area contributed by atoms with Gasteiger partial charge in [-0.15, -0.1) is 0 Å². The lowest BCUT2D eigenvalue weighted by Gasteiger charge is -2.35. The van der Waals surface area contributed by atoms with Crippen LogP contribution in [-0.4, -0.2) is 35.0 Å². The maximum Gasteiger partial charge on any atom is 0.335 e. The molecule has 2 N–H and O–H groups in total. The fraction of sp³-hybridized carbons (Fsp3) is 0.263. The molecule has 0 saturated carbocycles. The maximum atomic E-state index is 12.3. The number of hydrogen-bond donors (Lipinski definition) is 2. The first-order chi connectivity index (χ1) is 11.6. The van der Waals surface area contributed by atoms with E-state index in [0.29, 0.717) is 19.5 Å². The number of likely N-dealkylation sites (N-methyl/N-ethyl adjacent to an activating group) is 1. The van der Waals surface area contributed by atoms with Gasteiger partial charge in [-0.05, 0) is 35.2 Å². The summed E-state index contributed by atoms with van der Waals surface area (Å²) in [7, 11) is 1.64. The van der Waals surface area contributed by atoms with Crippen molar-refractivity contribution in [3.05, 3.63) is 70.8 Å². The van der Waals surface area contributed by atoms with Crippen LogP contribution >= 0.6 is 0 Å². The SMILES string of the molecule is CNC(=O)C1Cc2ccccc2CN1Cc1cccc(C(=O)O)c1. The van der Waals surface area contributed by atoms with E-state index < -0.39 is 5.97 Å². The Balaban J connectivity index is 1.88. The number of fused-ring (bicyclic) bond motifs is 1. The molecule has 3 rings (SSSR count). The standard InChI is InChI=1S/C19H20N2O3/c1-20-18(22)17-10-14-6-2-3-7-16(14)12-21(17)11-13-5-4-8-15(9-13)19(23)24/h2-9,17H,10-12H2,1H3,(H,20,22)(H,23,24). The Labute approximate surface area is 140 Å². The molecule has 0 fully saturated rings. The van der Waals surface area contributed by atoms with E-state index in [1.54, 1.807) is 25.2 Å². The lowest BCUT2D eigenvalue weighted by atomic mass is 9.93. The number of carboxylic acid groups (broad SMARTS) is 1. The molecule has 124 valence electrons. The molecule has 1 heterocycles. The summed E-state index contributed by atoms with van der Waals surface area (Å²) in [5.74, 6) is -0.956. The Bertz CT molecular complexity index is 773. The first-order valence-corrected chi connectivity index (χ1v) is 7.93. The Morgan fingerprint density at radius 2 is 1.92 bits per heavy atom. The highest BCUT2D eigenvalue weighted by Crippen LogP contribution is 2.25. The van der Waals surface area contributed by atoms with E-state index in [1.807, 2.05) is 18.2 Å². The fourth-order valence-corrected chi connectivity index (χ4v) is 3.21. The van der Waals surface area contributed by atoms with Crippen LogP contribution in [0.5, 0.6) is 0 Å². The van der Waals surface area contributed by atoms with Crippen LogP contribution in [0.4, 0.5) is 0 Å². The third kappa shape index (κ3) is 3.31. The summed E-state index contributed by atoms with van der Waals surface area (Å²) in [5, 5.41) is 11.9. The van der Waals surface area contributed by atoms with E-state index in [4.69, 9.17) is 5.11 Å². The van der Waals surface area contributed by atoms with Gasteiger partial charge in [-0.1, -0.05) is 36.4 Å². The molecule has 0 aliphatic carbocycles. The van der Waals surface area contributed by atoms with Crippen molar-refractivity contribution in [2.24, 2.45) is 0 Å². The van der Waals surface area contributed by atoms with Gasteiger partial charge in [0.25, 0.3) is 0 Å². The van der Waals surface area contributed by atoms with Crippen LogP contribution in [0.2, 0.25) is 0 Å². The Morgan fingerprint density at radius 1 is 1.17 bits per heavy atom. The second-order valence-corrected chi connectivity index (χ2v) is 6.01. The van der Waals surface area contributed by atoms with E-state index in [2.05, 4.69) is 22.3 Å². The van der Waals surface area contributed by atoms with Crippen molar-refractivity contribution in [1.82, 2.24) is 10.2 Å². The lowest BCUT2D eigenvalue weighted by Crippen LogP contribution is -2.49. The van der Waals surface area contributed by atoms with Crippen molar-refractivity contribution >= 4 is 11.9 Å². The van der Waals surface area contributed by atoms with Crippen molar-refractivity contribution in [2.45, 2.75) is 25.6 Å². The highest BCUT2D eigenvalue weighted by atomic mass is 16.4. The summed E-state index contributed by atoms with van der Waals surface area (Å²) in [5.41, 5.74) is 3.57. The molecular weight excluding hydrogens is 304 g/mol. The lowest BCUT2D eigenvalue weighted by molar-refractivity contribution is -0.126. The molecule has 0 bridgehead atoms. The van der Waals surface area contributed by atoms with Gasteiger partial charge in [0.2, 0.25) is 5.91 Å². The number of nitrogens with zero attached hydrogens (tertiary/aromatic N) is 1. The molecule has 1 atom stereocenters. The summed E-state index contributed by atoms with van der Waals surface area (Å²) < 4.78 is 0. The molecule has 5 nitrogen and oxygen atoms in total. The molecule has 0 spiro atoms. The van der Waals surface area contributed by atoms with Crippen LogP contribution in [0, 0.1) is 0 Å². The predicted molar refractivity (Wildman–Crippen MR) is 90.6 cm³/mol. The summed E-state index contributed by atoms with van der Waals surface area (Å²) in [6.45, 7) is 1.21. The highest BCUT2D eigenvalue weighted by Gasteiger charge is 2.30. The minimum atomic E-state index is -0.941. The summed E-state index contributed by atoms with van der Waals surface area (Å²) in [6.07, 6.45) is 0.661. The average Bonchev–Trinajstić information content (AvgIpc) is 2.60. The van der Waals surface area contributed by atoms with Crippen LogP contribution < -0.4 is 5.32 Å². The first kappa shape index (κ1) is 16.2. The number of aromatic carboxylic acids is 1. The molecule has 2 aromatic carbocycles. The van der Waals surface area contributed by atoms with Gasteiger partial charge >= 0.3 is 5.97 Å². The third-order valence-electron chi connectivity index (χ3n) is 4.45.